The maximum absolute atomic E-state index is 10.4. The van der Waals surface area contributed by atoms with Gasteiger partial charge in [-0.05, 0) is 6.42 Å². The predicted molar refractivity (Wildman–Crippen MR) is 22.6 cm³/mol. The van der Waals surface area contributed by atoms with Gasteiger partial charge in [-0.2, -0.15) is 0 Å². The largest absolute Gasteiger partial charge is 0.465 e. The SMILES string of the molecule is O=C1OC[C@H]2CC12. The third kappa shape index (κ3) is 0.315. The van der Waals surface area contributed by atoms with Crippen LogP contribution in [0.5, 0.6) is 0 Å². The molecule has 0 amide bonds. The number of rotatable bonds is 0. The van der Waals surface area contributed by atoms with Crippen molar-refractivity contribution < 1.29 is 9.53 Å². The fourth-order valence-corrected chi connectivity index (χ4v) is 1.02. The minimum Gasteiger partial charge on any atom is -0.465 e. The van der Waals surface area contributed by atoms with Gasteiger partial charge in [-0.15, -0.1) is 0 Å². The van der Waals surface area contributed by atoms with Crippen molar-refractivity contribution in [1.29, 1.82) is 0 Å². The zero-order chi connectivity index (χ0) is 4.85. The molecule has 0 spiro atoms. The highest BCUT2D eigenvalue weighted by molar-refractivity contribution is 5.78. The molecule has 2 nitrogen and oxygen atoms in total. The first kappa shape index (κ1) is 3.47. The zero-order valence-corrected chi connectivity index (χ0v) is 3.89. The van der Waals surface area contributed by atoms with Gasteiger partial charge in [-0.25, -0.2) is 0 Å². The van der Waals surface area contributed by atoms with Gasteiger partial charge in [-0.3, -0.25) is 4.79 Å². The summed E-state index contributed by atoms with van der Waals surface area (Å²) in [6.07, 6.45) is 1.10. The van der Waals surface area contributed by atoms with Gasteiger partial charge < -0.3 is 4.74 Å². The van der Waals surface area contributed by atoms with Gasteiger partial charge >= 0.3 is 5.97 Å². The van der Waals surface area contributed by atoms with E-state index in [9.17, 15) is 4.79 Å². The quantitative estimate of drug-likeness (QED) is 0.404. The van der Waals surface area contributed by atoms with Gasteiger partial charge in [0.25, 0.3) is 0 Å². The zero-order valence-electron chi connectivity index (χ0n) is 3.89. The standard InChI is InChI=1S/C5H6O2/c6-5-4-1-3(4)2-7-5/h3-4H,1-2H2/t3-,4?/m1/s1. The van der Waals surface area contributed by atoms with Crippen LogP contribution in [0.15, 0.2) is 0 Å². The number of esters is 1. The first-order valence-electron chi connectivity index (χ1n) is 2.54. The smallest absolute Gasteiger partial charge is 0.309 e. The van der Waals surface area contributed by atoms with Gasteiger partial charge in [-0.1, -0.05) is 0 Å². The highest BCUT2D eigenvalue weighted by atomic mass is 16.5. The normalized spacial score (nSPS) is 45.4. The molecular formula is C5H6O2. The predicted octanol–water partition coefficient (Wildman–Crippen LogP) is 0.179. The molecule has 2 fully saturated rings. The maximum atomic E-state index is 10.4. The van der Waals surface area contributed by atoms with Crippen LogP contribution in [-0.4, -0.2) is 12.6 Å². The Labute approximate surface area is 41.5 Å². The number of cyclic esters (lactones) is 1. The Balaban J connectivity index is 2.21. The third-order valence-electron chi connectivity index (χ3n) is 1.67. The second-order valence-corrected chi connectivity index (χ2v) is 2.23. The van der Waals surface area contributed by atoms with E-state index in [0.717, 1.165) is 6.42 Å². The van der Waals surface area contributed by atoms with E-state index in [-0.39, 0.29) is 5.97 Å². The third-order valence-corrected chi connectivity index (χ3v) is 1.67. The molecule has 1 aliphatic heterocycles. The van der Waals surface area contributed by atoms with Crippen molar-refractivity contribution in [2.24, 2.45) is 11.8 Å². The van der Waals surface area contributed by atoms with Crippen LogP contribution in [0.25, 0.3) is 0 Å². The average molecular weight is 98.1 g/mol. The van der Waals surface area contributed by atoms with Gasteiger partial charge in [0.2, 0.25) is 0 Å². The Hall–Kier alpha value is -0.530. The van der Waals surface area contributed by atoms with Crippen molar-refractivity contribution in [3.05, 3.63) is 0 Å². The first-order chi connectivity index (χ1) is 3.38. The van der Waals surface area contributed by atoms with Gasteiger partial charge in [0.1, 0.15) is 0 Å². The van der Waals surface area contributed by atoms with Crippen molar-refractivity contribution in [2.75, 3.05) is 6.61 Å². The second-order valence-electron chi connectivity index (χ2n) is 2.23. The van der Waals surface area contributed by atoms with E-state index in [1.807, 2.05) is 0 Å². The monoisotopic (exact) mass is 98.0 g/mol. The fraction of sp³-hybridized carbons (Fsp3) is 0.800. The van der Waals surface area contributed by atoms with E-state index < -0.39 is 0 Å². The molecule has 0 N–H and O–H groups in total. The number of hydrogen-bond donors (Lipinski definition) is 0. The van der Waals surface area contributed by atoms with Gasteiger partial charge in [0.15, 0.2) is 0 Å². The molecular weight excluding hydrogens is 92.1 g/mol. The molecule has 0 aromatic rings. The van der Waals surface area contributed by atoms with Crippen LogP contribution in [-0.2, 0) is 9.53 Å². The minimum atomic E-state index is 0.0324. The Morgan fingerprint density at radius 1 is 1.71 bits per heavy atom. The van der Waals surface area contributed by atoms with Crippen molar-refractivity contribution >= 4 is 5.97 Å². The van der Waals surface area contributed by atoms with Crippen molar-refractivity contribution in [1.82, 2.24) is 0 Å². The van der Waals surface area contributed by atoms with Crippen LogP contribution in [0.4, 0.5) is 0 Å². The minimum absolute atomic E-state index is 0.0324. The maximum Gasteiger partial charge on any atom is 0.309 e. The lowest BCUT2D eigenvalue weighted by Crippen LogP contribution is -1.97. The van der Waals surface area contributed by atoms with Gasteiger partial charge in [0.05, 0.1) is 12.5 Å². The molecule has 2 rings (SSSR count). The van der Waals surface area contributed by atoms with Crippen molar-refractivity contribution in [3.8, 4) is 0 Å². The molecule has 1 heterocycles. The molecule has 0 aromatic carbocycles. The molecule has 7 heavy (non-hydrogen) atoms. The molecule has 1 saturated heterocycles. The average Bonchev–Trinajstić information content (AvgIpc) is 2.33. The summed E-state index contributed by atoms with van der Waals surface area (Å²) >= 11 is 0. The number of ether oxygens (including phenoxy) is 1. The lowest BCUT2D eigenvalue weighted by molar-refractivity contribution is -0.140. The van der Waals surface area contributed by atoms with Crippen LogP contribution in [0.1, 0.15) is 6.42 Å². The molecule has 0 aromatic heterocycles. The number of carbonyl (C=O) groups is 1. The Morgan fingerprint density at radius 2 is 2.57 bits per heavy atom. The van der Waals surface area contributed by atoms with E-state index in [2.05, 4.69) is 4.74 Å². The summed E-state index contributed by atoms with van der Waals surface area (Å²) in [5, 5.41) is 0. The highest BCUT2D eigenvalue weighted by Crippen LogP contribution is 2.44. The molecule has 38 valence electrons. The van der Waals surface area contributed by atoms with E-state index >= 15 is 0 Å². The van der Waals surface area contributed by atoms with Crippen molar-refractivity contribution in [2.45, 2.75) is 6.42 Å². The van der Waals surface area contributed by atoms with E-state index in [4.69, 9.17) is 0 Å². The molecule has 2 aliphatic rings. The van der Waals surface area contributed by atoms with E-state index in [0.29, 0.717) is 18.4 Å². The molecule has 0 radical (unpaired) electrons. The van der Waals surface area contributed by atoms with Crippen LogP contribution < -0.4 is 0 Å². The van der Waals surface area contributed by atoms with E-state index in [1.165, 1.54) is 0 Å². The topological polar surface area (TPSA) is 26.3 Å². The molecule has 1 aliphatic carbocycles. The second kappa shape index (κ2) is 0.831. The molecule has 1 saturated carbocycles. The summed E-state index contributed by atoms with van der Waals surface area (Å²) in [5.41, 5.74) is 0. The van der Waals surface area contributed by atoms with Crippen LogP contribution in [0.3, 0.4) is 0 Å². The highest BCUT2D eigenvalue weighted by Gasteiger charge is 2.50. The fourth-order valence-electron chi connectivity index (χ4n) is 1.02. The van der Waals surface area contributed by atoms with Crippen LogP contribution in [0.2, 0.25) is 0 Å². The summed E-state index contributed by atoms with van der Waals surface area (Å²) in [5.74, 6) is 0.970. The van der Waals surface area contributed by atoms with E-state index in [1.54, 1.807) is 0 Å². The van der Waals surface area contributed by atoms with Crippen LogP contribution >= 0.6 is 0 Å². The number of hydrogen-bond acceptors (Lipinski definition) is 2. The summed E-state index contributed by atoms with van der Waals surface area (Å²) in [6, 6.07) is 0. The number of fused-ring (bicyclic) bond motifs is 1. The Morgan fingerprint density at radius 3 is 2.71 bits per heavy atom. The summed E-state index contributed by atoms with van der Waals surface area (Å²) in [6.45, 7) is 0.698. The lowest BCUT2D eigenvalue weighted by atomic mass is 10.4. The van der Waals surface area contributed by atoms with Crippen molar-refractivity contribution in [3.63, 3.8) is 0 Å². The lowest BCUT2D eigenvalue weighted by Gasteiger charge is -1.89. The Kier molecular flexibility index (Phi) is 0.412. The van der Waals surface area contributed by atoms with Crippen LogP contribution in [0, 0.1) is 11.8 Å². The van der Waals surface area contributed by atoms with Gasteiger partial charge in [0, 0.05) is 5.92 Å². The molecule has 2 heteroatoms. The summed E-state index contributed by atoms with van der Waals surface area (Å²) < 4.78 is 4.68. The molecule has 2 atom stereocenters. The summed E-state index contributed by atoms with van der Waals surface area (Å²) in [7, 11) is 0. The number of carbonyl (C=O) groups excluding carboxylic acids is 1. The first-order valence-corrected chi connectivity index (χ1v) is 2.54. The molecule has 0 bridgehead atoms. The summed E-state index contributed by atoms with van der Waals surface area (Å²) in [4.78, 5) is 10.4. The Bertz CT molecular complexity index is 119. The molecule has 1 unspecified atom stereocenters.